The minimum Gasteiger partial charge on any atom is -0.383 e. The highest BCUT2D eigenvalue weighted by Crippen LogP contribution is 2.45. The maximum absolute atomic E-state index is 12.2. The van der Waals surface area contributed by atoms with Crippen molar-refractivity contribution in [1.29, 1.82) is 0 Å². The van der Waals surface area contributed by atoms with Crippen LogP contribution in [0.3, 0.4) is 0 Å². The van der Waals surface area contributed by atoms with E-state index in [0.29, 0.717) is 0 Å². The van der Waals surface area contributed by atoms with Gasteiger partial charge in [0, 0.05) is 12.0 Å². The third kappa shape index (κ3) is 4.12. The Morgan fingerprint density at radius 1 is 1.04 bits per heavy atom. The second-order valence-electron chi connectivity index (χ2n) is 6.14. The lowest BCUT2D eigenvalue weighted by atomic mass is 9.89. The molecule has 0 spiro atoms. The Kier molecular flexibility index (Phi) is 4.85. The van der Waals surface area contributed by atoms with E-state index in [1.54, 1.807) is 6.08 Å². The number of rotatable bonds is 7. The van der Waals surface area contributed by atoms with Gasteiger partial charge in [-0.05, 0) is 36.0 Å². The van der Waals surface area contributed by atoms with Crippen molar-refractivity contribution < 1.29 is 13.5 Å². The SMILES string of the molecule is O=S(=O)(/C=C/c1ccccc1)NC[C@@](O)(c1ccccc1)C1CC1. The van der Waals surface area contributed by atoms with Crippen LogP contribution in [0.25, 0.3) is 6.08 Å². The van der Waals surface area contributed by atoms with Crippen LogP contribution in [0.15, 0.2) is 66.1 Å². The third-order valence-electron chi connectivity index (χ3n) is 4.31. The fourth-order valence-corrected chi connectivity index (χ4v) is 3.61. The van der Waals surface area contributed by atoms with Crippen LogP contribution in [0, 0.1) is 5.92 Å². The number of sulfonamides is 1. The maximum atomic E-state index is 12.2. The van der Waals surface area contributed by atoms with Gasteiger partial charge in [-0.25, -0.2) is 13.1 Å². The molecule has 2 N–H and O–H groups in total. The molecule has 2 aromatic carbocycles. The zero-order chi connectivity index (χ0) is 17.0. The highest BCUT2D eigenvalue weighted by molar-refractivity contribution is 7.92. The molecule has 3 rings (SSSR count). The number of aliphatic hydroxyl groups is 1. The third-order valence-corrected chi connectivity index (χ3v) is 5.35. The summed E-state index contributed by atoms with van der Waals surface area (Å²) in [6.45, 7) is -0.0247. The van der Waals surface area contributed by atoms with Crippen LogP contribution < -0.4 is 4.72 Å². The van der Waals surface area contributed by atoms with Crippen LogP contribution in [0.2, 0.25) is 0 Å². The summed E-state index contributed by atoms with van der Waals surface area (Å²) in [5.74, 6) is 0.0979. The van der Waals surface area contributed by atoms with E-state index >= 15 is 0 Å². The molecule has 1 aliphatic carbocycles. The van der Waals surface area contributed by atoms with Crippen LogP contribution in [0.4, 0.5) is 0 Å². The lowest BCUT2D eigenvalue weighted by Crippen LogP contribution is -2.41. The molecule has 0 saturated heterocycles. The van der Waals surface area contributed by atoms with Gasteiger partial charge in [0.2, 0.25) is 10.0 Å². The summed E-state index contributed by atoms with van der Waals surface area (Å²) in [5.41, 5.74) is 0.403. The lowest BCUT2D eigenvalue weighted by Gasteiger charge is -2.28. The minimum atomic E-state index is -3.62. The summed E-state index contributed by atoms with van der Waals surface area (Å²) >= 11 is 0. The van der Waals surface area contributed by atoms with Crippen LogP contribution in [-0.4, -0.2) is 20.1 Å². The second-order valence-corrected chi connectivity index (χ2v) is 7.79. The average Bonchev–Trinajstić information content (AvgIpc) is 3.45. The Morgan fingerprint density at radius 2 is 1.62 bits per heavy atom. The van der Waals surface area contributed by atoms with Gasteiger partial charge in [-0.15, -0.1) is 0 Å². The van der Waals surface area contributed by atoms with E-state index in [0.717, 1.165) is 29.4 Å². The first kappa shape index (κ1) is 16.9. The fourth-order valence-electron chi connectivity index (χ4n) is 2.76. The van der Waals surface area contributed by atoms with Gasteiger partial charge in [-0.1, -0.05) is 60.7 Å². The van der Waals surface area contributed by atoms with Crippen molar-refractivity contribution in [2.75, 3.05) is 6.54 Å². The van der Waals surface area contributed by atoms with Crippen molar-refractivity contribution in [3.8, 4) is 0 Å². The Hall–Kier alpha value is -1.95. The predicted octanol–water partition coefficient (Wildman–Crippen LogP) is 2.87. The fraction of sp³-hybridized carbons (Fsp3) is 0.263. The van der Waals surface area contributed by atoms with E-state index in [2.05, 4.69) is 4.72 Å². The van der Waals surface area contributed by atoms with Crippen molar-refractivity contribution in [1.82, 2.24) is 4.72 Å². The molecule has 0 heterocycles. The van der Waals surface area contributed by atoms with E-state index in [1.165, 1.54) is 0 Å². The van der Waals surface area contributed by atoms with Crippen LogP contribution in [0.5, 0.6) is 0 Å². The van der Waals surface area contributed by atoms with Gasteiger partial charge >= 0.3 is 0 Å². The van der Waals surface area contributed by atoms with Crippen molar-refractivity contribution in [3.63, 3.8) is 0 Å². The van der Waals surface area contributed by atoms with Gasteiger partial charge in [0.15, 0.2) is 0 Å². The summed E-state index contributed by atoms with van der Waals surface area (Å²) in [4.78, 5) is 0. The molecule has 0 unspecified atom stereocenters. The molecule has 1 fully saturated rings. The molecule has 4 nitrogen and oxygen atoms in total. The first-order valence-corrected chi connectivity index (χ1v) is 9.55. The molecule has 126 valence electrons. The number of hydrogen-bond donors (Lipinski definition) is 2. The van der Waals surface area contributed by atoms with E-state index in [1.807, 2.05) is 60.7 Å². The van der Waals surface area contributed by atoms with Crippen LogP contribution in [-0.2, 0) is 15.6 Å². The monoisotopic (exact) mass is 343 g/mol. The number of benzene rings is 2. The molecule has 5 heteroatoms. The molecule has 0 aliphatic heterocycles. The molecule has 0 bridgehead atoms. The van der Waals surface area contributed by atoms with Crippen molar-refractivity contribution in [2.24, 2.45) is 5.92 Å². The molecule has 1 saturated carbocycles. The van der Waals surface area contributed by atoms with E-state index in [-0.39, 0.29) is 12.5 Å². The van der Waals surface area contributed by atoms with Gasteiger partial charge in [0.1, 0.15) is 5.60 Å². The van der Waals surface area contributed by atoms with Gasteiger partial charge in [-0.2, -0.15) is 0 Å². The van der Waals surface area contributed by atoms with Gasteiger partial charge in [0.05, 0.1) is 0 Å². The summed E-state index contributed by atoms with van der Waals surface area (Å²) < 4.78 is 27.0. The molecule has 2 aromatic rings. The topological polar surface area (TPSA) is 66.4 Å². The number of nitrogens with one attached hydrogen (secondary N) is 1. The van der Waals surface area contributed by atoms with Gasteiger partial charge in [-0.3, -0.25) is 0 Å². The normalized spacial score (nSPS) is 17.7. The molecular weight excluding hydrogens is 322 g/mol. The van der Waals surface area contributed by atoms with Gasteiger partial charge < -0.3 is 5.11 Å². The van der Waals surface area contributed by atoms with Crippen LogP contribution >= 0.6 is 0 Å². The second kappa shape index (κ2) is 6.89. The Bertz CT molecular complexity index is 799. The van der Waals surface area contributed by atoms with Crippen LogP contribution in [0.1, 0.15) is 24.0 Å². The molecule has 0 aromatic heterocycles. The standard InChI is InChI=1S/C19H21NO3S/c21-19(18-11-12-18,17-9-5-2-6-10-17)15-20-24(22,23)14-13-16-7-3-1-4-8-16/h1-10,13-14,18,20-21H,11-12,15H2/b14-13+/t19-/m1/s1. The van der Waals surface area contributed by atoms with E-state index < -0.39 is 15.6 Å². The first-order chi connectivity index (χ1) is 11.5. The number of hydrogen-bond acceptors (Lipinski definition) is 3. The van der Waals surface area contributed by atoms with E-state index in [4.69, 9.17) is 0 Å². The summed E-state index contributed by atoms with van der Waals surface area (Å²) in [5, 5.41) is 12.2. The Labute approximate surface area is 142 Å². The highest BCUT2D eigenvalue weighted by Gasteiger charge is 2.45. The molecule has 0 amide bonds. The first-order valence-electron chi connectivity index (χ1n) is 8.00. The van der Waals surface area contributed by atoms with Crippen molar-refractivity contribution in [3.05, 3.63) is 77.2 Å². The highest BCUT2D eigenvalue weighted by atomic mass is 32.2. The lowest BCUT2D eigenvalue weighted by molar-refractivity contribution is 0.0186. The average molecular weight is 343 g/mol. The van der Waals surface area contributed by atoms with Crippen molar-refractivity contribution in [2.45, 2.75) is 18.4 Å². The molecular formula is C19H21NO3S. The van der Waals surface area contributed by atoms with E-state index in [9.17, 15) is 13.5 Å². The Balaban J connectivity index is 1.72. The summed E-state index contributed by atoms with van der Waals surface area (Å²) in [7, 11) is -3.62. The Morgan fingerprint density at radius 3 is 2.21 bits per heavy atom. The van der Waals surface area contributed by atoms with Crippen molar-refractivity contribution >= 4 is 16.1 Å². The predicted molar refractivity (Wildman–Crippen MR) is 95.5 cm³/mol. The minimum absolute atomic E-state index is 0.0247. The molecule has 1 aliphatic rings. The maximum Gasteiger partial charge on any atom is 0.233 e. The zero-order valence-corrected chi connectivity index (χ0v) is 14.1. The van der Waals surface area contributed by atoms with Gasteiger partial charge in [0.25, 0.3) is 0 Å². The summed E-state index contributed by atoms with van der Waals surface area (Å²) in [6, 6.07) is 18.5. The largest absolute Gasteiger partial charge is 0.383 e. The molecule has 0 radical (unpaired) electrons. The molecule has 1 atom stereocenters. The quantitative estimate of drug-likeness (QED) is 0.812. The summed E-state index contributed by atoms with van der Waals surface area (Å²) in [6.07, 6.45) is 3.36. The molecule has 24 heavy (non-hydrogen) atoms. The zero-order valence-electron chi connectivity index (χ0n) is 13.3. The smallest absolute Gasteiger partial charge is 0.233 e.